The molecule has 1 aromatic rings. The zero-order chi connectivity index (χ0) is 23.2. The van der Waals surface area contributed by atoms with Crippen LogP contribution in [-0.4, -0.2) is 42.4 Å². The summed E-state index contributed by atoms with van der Waals surface area (Å²) < 4.78 is 11.7. The van der Waals surface area contributed by atoms with Crippen LogP contribution in [0.1, 0.15) is 74.6 Å². The normalized spacial score (nSPS) is 17.7. The summed E-state index contributed by atoms with van der Waals surface area (Å²) in [5, 5.41) is 10.9. The van der Waals surface area contributed by atoms with Crippen molar-refractivity contribution in [1.82, 2.24) is 4.90 Å². The molecule has 0 aromatic heterocycles. The van der Waals surface area contributed by atoms with Crippen molar-refractivity contribution in [3.63, 3.8) is 0 Å². The van der Waals surface area contributed by atoms with Crippen LogP contribution in [0.25, 0.3) is 0 Å². The topological polar surface area (TPSA) is 76.1 Å². The highest BCUT2D eigenvalue weighted by molar-refractivity contribution is 6.89. The molecule has 0 bridgehead atoms. The minimum absolute atomic E-state index is 0.218. The van der Waals surface area contributed by atoms with E-state index in [-0.39, 0.29) is 12.6 Å². The number of ether oxygens (including phenoxy) is 2. The summed E-state index contributed by atoms with van der Waals surface area (Å²) in [6, 6.07) is -0.218. The van der Waals surface area contributed by atoms with Crippen molar-refractivity contribution in [2.75, 3.05) is 6.61 Å². The summed E-state index contributed by atoms with van der Waals surface area (Å²) in [6.07, 6.45) is -1.77. The summed E-state index contributed by atoms with van der Waals surface area (Å²) in [4.78, 5) is 26.4. The summed E-state index contributed by atoms with van der Waals surface area (Å²) in [6.45, 7) is 20.9. The van der Waals surface area contributed by atoms with Crippen LogP contribution in [0.3, 0.4) is 0 Å². The Morgan fingerprint density at radius 1 is 1.20 bits per heavy atom. The van der Waals surface area contributed by atoms with Crippen LogP contribution in [-0.2, 0) is 20.8 Å². The van der Waals surface area contributed by atoms with Gasteiger partial charge in [-0.05, 0) is 76.3 Å². The Hall–Kier alpha value is -1.86. The number of carbonyl (C=O) groups excluding carboxylic acids is 1. The minimum atomic E-state index is -1.94. The van der Waals surface area contributed by atoms with Crippen molar-refractivity contribution < 1.29 is 24.2 Å². The molecule has 7 heteroatoms. The SMILES string of the molecule is CCOC(=O)C(OC(C)(C)C)c1c(C)c2c(c(C)c1[Si](C)(C)C)C(C)N(C(=O)O)C2. The fraction of sp³-hybridized carbons (Fsp3) is 0.652. The van der Waals surface area contributed by atoms with E-state index in [1.807, 2.05) is 34.6 Å². The van der Waals surface area contributed by atoms with Crippen molar-refractivity contribution >= 4 is 25.3 Å². The predicted octanol–water partition coefficient (Wildman–Crippen LogP) is 4.82. The van der Waals surface area contributed by atoms with E-state index in [0.29, 0.717) is 6.54 Å². The second-order valence-corrected chi connectivity index (χ2v) is 15.1. The zero-order valence-corrected chi connectivity index (χ0v) is 21.1. The molecule has 1 aliphatic rings. The Kier molecular flexibility index (Phi) is 6.79. The van der Waals surface area contributed by atoms with Gasteiger partial charge < -0.3 is 14.6 Å². The third-order valence-corrected chi connectivity index (χ3v) is 7.82. The third kappa shape index (κ3) is 4.57. The molecule has 2 rings (SSSR count). The number of rotatable bonds is 5. The lowest BCUT2D eigenvalue weighted by molar-refractivity contribution is -0.166. The van der Waals surface area contributed by atoms with Gasteiger partial charge in [-0.15, -0.1) is 0 Å². The van der Waals surface area contributed by atoms with Gasteiger partial charge in [-0.1, -0.05) is 24.8 Å². The van der Waals surface area contributed by atoms with E-state index in [1.165, 1.54) is 10.1 Å². The van der Waals surface area contributed by atoms with Crippen molar-refractivity contribution in [2.45, 2.75) is 92.4 Å². The molecule has 168 valence electrons. The highest BCUT2D eigenvalue weighted by atomic mass is 28.3. The number of hydrogen-bond donors (Lipinski definition) is 1. The highest BCUT2D eigenvalue weighted by Crippen LogP contribution is 2.41. The van der Waals surface area contributed by atoms with Crippen molar-refractivity contribution in [3.05, 3.63) is 27.8 Å². The second-order valence-electron chi connectivity index (χ2n) is 10.1. The van der Waals surface area contributed by atoms with Gasteiger partial charge in [0.2, 0.25) is 0 Å². The first-order valence-corrected chi connectivity index (χ1v) is 14.1. The Morgan fingerprint density at radius 3 is 2.20 bits per heavy atom. The van der Waals surface area contributed by atoms with Gasteiger partial charge in [0.15, 0.2) is 6.10 Å². The number of carbonyl (C=O) groups is 2. The van der Waals surface area contributed by atoms with E-state index < -0.39 is 31.8 Å². The van der Waals surface area contributed by atoms with Crippen LogP contribution in [0, 0.1) is 13.8 Å². The summed E-state index contributed by atoms with van der Waals surface area (Å²) in [7, 11) is -1.94. The van der Waals surface area contributed by atoms with E-state index in [0.717, 1.165) is 27.8 Å². The molecule has 0 spiro atoms. The summed E-state index contributed by atoms with van der Waals surface area (Å²) >= 11 is 0. The van der Waals surface area contributed by atoms with Crippen LogP contribution < -0.4 is 5.19 Å². The van der Waals surface area contributed by atoms with Crippen LogP contribution in [0.15, 0.2) is 0 Å². The van der Waals surface area contributed by atoms with Gasteiger partial charge in [-0.2, -0.15) is 0 Å². The molecule has 1 heterocycles. The first-order chi connectivity index (χ1) is 13.6. The average molecular weight is 436 g/mol. The average Bonchev–Trinajstić information content (AvgIpc) is 2.92. The quantitative estimate of drug-likeness (QED) is 0.530. The lowest BCUT2D eigenvalue weighted by Crippen LogP contribution is -2.46. The van der Waals surface area contributed by atoms with Gasteiger partial charge in [-0.25, -0.2) is 9.59 Å². The van der Waals surface area contributed by atoms with Crippen LogP contribution in [0.5, 0.6) is 0 Å². The van der Waals surface area contributed by atoms with E-state index in [4.69, 9.17) is 9.47 Å². The Labute approximate surface area is 181 Å². The van der Waals surface area contributed by atoms with Crippen LogP contribution in [0.2, 0.25) is 19.6 Å². The maximum absolute atomic E-state index is 13.1. The molecule has 1 aromatic carbocycles. The number of amides is 1. The molecule has 0 aliphatic carbocycles. The van der Waals surface area contributed by atoms with Crippen LogP contribution >= 0.6 is 0 Å². The number of benzene rings is 1. The Bertz CT molecular complexity index is 851. The molecular formula is C23H37NO5Si. The molecular weight excluding hydrogens is 398 g/mol. The summed E-state index contributed by atoms with van der Waals surface area (Å²) in [5.41, 5.74) is 4.44. The molecule has 2 atom stereocenters. The standard InChI is InChI=1S/C23H37NO5Si/c1-11-28-21(25)19(29-23(5,6)7)18-13(2)16-12-24(22(26)27)15(4)17(16)14(3)20(18)30(8,9)10/h15,19H,11-12H2,1-10H3,(H,26,27). The van der Waals surface area contributed by atoms with E-state index in [1.54, 1.807) is 6.92 Å². The highest BCUT2D eigenvalue weighted by Gasteiger charge is 2.41. The molecule has 0 saturated heterocycles. The predicted molar refractivity (Wildman–Crippen MR) is 121 cm³/mol. The lowest BCUT2D eigenvalue weighted by Gasteiger charge is -2.34. The fourth-order valence-electron chi connectivity index (χ4n) is 4.67. The molecule has 1 aliphatic heterocycles. The Morgan fingerprint density at radius 2 is 1.77 bits per heavy atom. The van der Waals surface area contributed by atoms with Crippen molar-refractivity contribution in [3.8, 4) is 0 Å². The number of carboxylic acid groups (broad SMARTS) is 1. The number of hydrogen-bond acceptors (Lipinski definition) is 4. The van der Waals surface area contributed by atoms with Gasteiger partial charge in [0.25, 0.3) is 0 Å². The van der Waals surface area contributed by atoms with Gasteiger partial charge >= 0.3 is 12.1 Å². The van der Waals surface area contributed by atoms with Gasteiger partial charge in [-0.3, -0.25) is 4.90 Å². The molecule has 0 saturated carbocycles. The maximum Gasteiger partial charge on any atom is 0.408 e. The van der Waals surface area contributed by atoms with Gasteiger partial charge in [0, 0.05) is 0 Å². The summed E-state index contributed by atoms with van der Waals surface area (Å²) in [5.74, 6) is -0.393. The van der Waals surface area contributed by atoms with Crippen molar-refractivity contribution in [2.24, 2.45) is 0 Å². The molecule has 0 radical (unpaired) electrons. The van der Waals surface area contributed by atoms with E-state index in [9.17, 15) is 14.7 Å². The first-order valence-electron chi connectivity index (χ1n) is 10.6. The second kappa shape index (κ2) is 8.34. The minimum Gasteiger partial charge on any atom is -0.465 e. The van der Waals surface area contributed by atoms with E-state index in [2.05, 4.69) is 26.6 Å². The molecule has 30 heavy (non-hydrogen) atoms. The fourth-order valence-corrected chi connectivity index (χ4v) is 7.06. The maximum atomic E-state index is 13.1. The smallest absolute Gasteiger partial charge is 0.408 e. The monoisotopic (exact) mass is 435 g/mol. The van der Waals surface area contributed by atoms with Gasteiger partial charge in [0.05, 0.1) is 32.9 Å². The number of fused-ring (bicyclic) bond motifs is 1. The lowest BCUT2D eigenvalue weighted by atomic mass is 9.89. The van der Waals surface area contributed by atoms with Crippen molar-refractivity contribution in [1.29, 1.82) is 0 Å². The molecule has 1 N–H and O–H groups in total. The zero-order valence-electron chi connectivity index (χ0n) is 20.1. The molecule has 0 fully saturated rings. The third-order valence-electron chi connectivity index (χ3n) is 5.67. The first kappa shape index (κ1) is 24.4. The van der Waals surface area contributed by atoms with E-state index >= 15 is 0 Å². The van der Waals surface area contributed by atoms with Crippen LogP contribution in [0.4, 0.5) is 4.79 Å². The Balaban J connectivity index is 2.87. The largest absolute Gasteiger partial charge is 0.465 e. The number of nitrogens with zero attached hydrogens (tertiary/aromatic N) is 1. The number of esters is 1. The molecule has 6 nitrogen and oxygen atoms in total. The molecule has 2 unspecified atom stereocenters. The molecule has 1 amide bonds. The van der Waals surface area contributed by atoms with Gasteiger partial charge in [0.1, 0.15) is 0 Å².